The minimum atomic E-state index is 0.662. The van der Waals surface area contributed by atoms with Gasteiger partial charge in [0, 0.05) is 5.25 Å². The second kappa shape index (κ2) is 6.47. The van der Waals surface area contributed by atoms with Gasteiger partial charge in [-0.25, -0.2) is 0 Å². The quantitative estimate of drug-likeness (QED) is 0.565. The summed E-state index contributed by atoms with van der Waals surface area (Å²) >= 11 is 4.44. The van der Waals surface area contributed by atoms with Crippen LogP contribution in [0.3, 0.4) is 0 Å². The summed E-state index contributed by atoms with van der Waals surface area (Å²) in [6, 6.07) is 0. The van der Waals surface area contributed by atoms with Gasteiger partial charge in [0.25, 0.3) is 0 Å². The van der Waals surface area contributed by atoms with E-state index in [4.69, 9.17) is 0 Å². The van der Waals surface area contributed by atoms with Crippen molar-refractivity contribution in [3.8, 4) is 0 Å². The average molecular weight is 146 g/mol. The van der Waals surface area contributed by atoms with Crippen LogP contribution in [0.1, 0.15) is 46.0 Å². The van der Waals surface area contributed by atoms with Crippen LogP contribution >= 0.6 is 12.6 Å². The lowest BCUT2D eigenvalue weighted by Crippen LogP contribution is -1.96. The number of hydrogen-bond donors (Lipinski definition) is 1. The summed E-state index contributed by atoms with van der Waals surface area (Å²) in [6.45, 7) is 4.45. The third-order valence-corrected chi connectivity index (χ3v) is 2.03. The van der Waals surface area contributed by atoms with Gasteiger partial charge in [0.15, 0.2) is 0 Å². The van der Waals surface area contributed by atoms with Gasteiger partial charge in [-0.1, -0.05) is 33.1 Å². The van der Waals surface area contributed by atoms with Gasteiger partial charge in [-0.3, -0.25) is 0 Å². The van der Waals surface area contributed by atoms with Crippen LogP contribution in [0.4, 0.5) is 0 Å². The van der Waals surface area contributed by atoms with Crippen LogP contribution in [0.25, 0.3) is 0 Å². The number of thiol groups is 1. The molecule has 0 aromatic rings. The second-order valence-electron chi connectivity index (χ2n) is 2.58. The van der Waals surface area contributed by atoms with Crippen LogP contribution in [0.15, 0.2) is 0 Å². The van der Waals surface area contributed by atoms with Crippen LogP contribution in [-0.2, 0) is 0 Å². The van der Waals surface area contributed by atoms with Crippen molar-refractivity contribution < 1.29 is 0 Å². The van der Waals surface area contributed by atoms with E-state index in [1.165, 1.54) is 32.1 Å². The molecule has 1 heteroatoms. The van der Waals surface area contributed by atoms with E-state index in [1.54, 1.807) is 0 Å². The minimum Gasteiger partial charge on any atom is -0.176 e. The molecule has 0 bridgehead atoms. The molecule has 0 heterocycles. The van der Waals surface area contributed by atoms with E-state index < -0.39 is 0 Å². The van der Waals surface area contributed by atoms with Crippen molar-refractivity contribution in [2.24, 2.45) is 0 Å². The Labute approximate surface area is 64.4 Å². The largest absolute Gasteiger partial charge is 0.176 e. The maximum atomic E-state index is 4.44. The lowest BCUT2D eigenvalue weighted by molar-refractivity contribution is 0.642. The maximum Gasteiger partial charge on any atom is 0.00167 e. The zero-order valence-electron chi connectivity index (χ0n) is 6.56. The molecule has 0 aliphatic carbocycles. The first-order valence-electron chi connectivity index (χ1n) is 3.99. The van der Waals surface area contributed by atoms with Gasteiger partial charge in [0.2, 0.25) is 0 Å². The van der Waals surface area contributed by atoms with E-state index in [1.807, 2.05) is 0 Å². The summed E-state index contributed by atoms with van der Waals surface area (Å²) in [6.07, 6.45) is 6.50. The molecule has 0 aliphatic heterocycles. The van der Waals surface area contributed by atoms with Crippen molar-refractivity contribution in [2.75, 3.05) is 0 Å². The first kappa shape index (κ1) is 9.35. The molecule has 9 heavy (non-hydrogen) atoms. The average Bonchev–Trinajstić information content (AvgIpc) is 1.85. The summed E-state index contributed by atoms with van der Waals surface area (Å²) in [5.41, 5.74) is 0. The minimum absolute atomic E-state index is 0.662. The summed E-state index contributed by atoms with van der Waals surface area (Å²) in [5.74, 6) is 0. The summed E-state index contributed by atoms with van der Waals surface area (Å²) in [7, 11) is 0. The molecule has 0 radical (unpaired) electrons. The van der Waals surface area contributed by atoms with Crippen LogP contribution < -0.4 is 0 Å². The number of rotatable bonds is 5. The van der Waals surface area contributed by atoms with Gasteiger partial charge in [0.05, 0.1) is 0 Å². The fraction of sp³-hybridized carbons (Fsp3) is 1.00. The molecule has 0 rings (SSSR count). The number of hydrogen-bond acceptors (Lipinski definition) is 1. The molecule has 0 spiro atoms. The highest BCUT2D eigenvalue weighted by Crippen LogP contribution is 2.11. The van der Waals surface area contributed by atoms with Crippen molar-refractivity contribution in [3.05, 3.63) is 0 Å². The molecule has 0 N–H and O–H groups in total. The number of unbranched alkanes of at least 4 members (excludes halogenated alkanes) is 1. The Morgan fingerprint density at radius 2 is 1.78 bits per heavy atom. The van der Waals surface area contributed by atoms with Crippen molar-refractivity contribution in [1.29, 1.82) is 0 Å². The van der Waals surface area contributed by atoms with Crippen LogP contribution in [0.5, 0.6) is 0 Å². The zero-order chi connectivity index (χ0) is 7.11. The van der Waals surface area contributed by atoms with Gasteiger partial charge in [-0.15, -0.1) is 0 Å². The topological polar surface area (TPSA) is 0 Å². The van der Waals surface area contributed by atoms with E-state index in [2.05, 4.69) is 26.5 Å². The summed E-state index contributed by atoms with van der Waals surface area (Å²) in [5, 5.41) is 0.662. The van der Waals surface area contributed by atoms with E-state index in [0.29, 0.717) is 5.25 Å². The fourth-order valence-electron chi connectivity index (χ4n) is 0.917. The van der Waals surface area contributed by atoms with Gasteiger partial charge in [-0.2, -0.15) is 12.6 Å². The molecule has 1 atom stereocenters. The molecular formula is C8H18S. The van der Waals surface area contributed by atoms with Crippen LogP contribution in [0.2, 0.25) is 0 Å². The van der Waals surface area contributed by atoms with Crippen molar-refractivity contribution in [3.63, 3.8) is 0 Å². The first-order chi connectivity index (χ1) is 4.31. The van der Waals surface area contributed by atoms with E-state index in [0.717, 1.165) is 0 Å². The zero-order valence-corrected chi connectivity index (χ0v) is 7.45. The van der Waals surface area contributed by atoms with Crippen LogP contribution in [0, 0.1) is 0 Å². The van der Waals surface area contributed by atoms with Crippen molar-refractivity contribution in [2.45, 2.75) is 51.2 Å². The fourth-order valence-corrected chi connectivity index (χ4v) is 1.36. The lowest BCUT2D eigenvalue weighted by atomic mass is 10.1. The molecule has 0 amide bonds. The Morgan fingerprint density at radius 3 is 2.22 bits per heavy atom. The molecule has 0 aromatic carbocycles. The van der Waals surface area contributed by atoms with Crippen LogP contribution in [-0.4, -0.2) is 5.25 Å². The summed E-state index contributed by atoms with van der Waals surface area (Å²) in [4.78, 5) is 0. The molecule has 0 fully saturated rings. The molecular weight excluding hydrogens is 128 g/mol. The van der Waals surface area contributed by atoms with E-state index >= 15 is 0 Å². The molecule has 0 saturated heterocycles. The third kappa shape index (κ3) is 6.23. The molecule has 0 saturated carbocycles. The Bertz CT molecular complexity index is 52.5. The molecule has 1 unspecified atom stereocenters. The van der Waals surface area contributed by atoms with Gasteiger partial charge >= 0.3 is 0 Å². The second-order valence-corrected chi connectivity index (χ2v) is 3.32. The normalized spacial score (nSPS) is 13.7. The predicted molar refractivity (Wildman–Crippen MR) is 47.2 cm³/mol. The predicted octanol–water partition coefficient (Wildman–Crippen LogP) is 3.28. The van der Waals surface area contributed by atoms with Gasteiger partial charge in [0.1, 0.15) is 0 Å². The maximum absolute atomic E-state index is 4.44. The summed E-state index contributed by atoms with van der Waals surface area (Å²) < 4.78 is 0. The van der Waals surface area contributed by atoms with Crippen molar-refractivity contribution >= 4 is 12.6 Å². The highest BCUT2D eigenvalue weighted by atomic mass is 32.1. The highest BCUT2D eigenvalue weighted by molar-refractivity contribution is 7.80. The first-order valence-corrected chi connectivity index (χ1v) is 4.51. The van der Waals surface area contributed by atoms with Gasteiger partial charge < -0.3 is 0 Å². The van der Waals surface area contributed by atoms with Gasteiger partial charge in [-0.05, 0) is 12.8 Å². The molecule has 0 nitrogen and oxygen atoms in total. The Kier molecular flexibility index (Phi) is 6.72. The third-order valence-electron chi connectivity index (χ3n) is 1.51. The lowest BCUT2D eigenvalue weighted by Gasteiger charge is -2.06. The Morgan fingerprint density at radius 1 is 1.11 bits per heavy atom. The smallest absolute Gasteiger partial charge is 0.00167 e. The highest BCUT2D eigenvalue weighted by Gasteiger charge is 1.98. The standard InChI is InChI=1S/C8H18S/c1-3-5-7-8(9)6-4-2/h8-9H,3-7H2,1-2H3. The van der Waals surface area contributed by atoms with E-state index in [9.17, 15) is 0 Å². The Balaban J connectivity index is 2.95. The SMILES string of the molecule is CCCCC(S)CCC. The molecule has 56 valence electrons. The molecule has 0 aromatic heterocycles. The van der Waals surface area contributed by atoms with Crippen molar-refractivity contribution in [1.82, 2.24) is 0 Å². The molecule has 0 aliphatic rings. The monoisotopic (exact) mass is 146 g/mol. The Hall–Kier alpha value is 0.350. The van der Waals surface area contributed by atoms with E-state index in [-0.39, 0.29) is 0 Å².